The van der Waals surface area contributed by atoms with Gasteiger partial charge in [-0.25, -0.2) is 0 Å². The van der Waals surface area contributed by atoms with Crippen LogP contribution in [0.1, 0.15) is 47.5 Å². The summed E-state index contributed by atoms with van der Waals surface area (Å²) in [6.07, 6.45) is 0.379. The summed E-state index contributed by atoms with van der Waals surface area (Å²) in [7, 11) is 0. The van der Waals surface area contributed by atoms with Crippen LogP contribution in [0.3, 0.4) is 0 Å². The van der Waals surface area contributed by atoms with Gasteiger partial charge in [0.1, 0.15) is 13.2 Å². The molecular formula is C21H38O7S4. The highest BCUT2D eigenvalue weighted by Gasteiger charge is 2.31. The van der Waals surface area contributed by atoms with Crippen LogP contribution in [0.2, 0.25) is 0 Å². The van der Waals surface area contributed by atoms with Crippen molar-refractivity contribution in [1.82, 2.24) is 0 Å². The molecule has 0 spiro atoms. The third kappa shape index (κ3) is 12.1. The van der Waals surface area contributed by atoms with Crippen LogP contribution in [-0.4, -0.2) is 82.7 Å². The van der Waals surface area contributed by atoms with Gasteiger partial charge in [-0.3, -0.25) is 0 Å². The number of thioether (sulfide) groups is 2. The summed E-state index contributed by atoms with van der Waals surface area (Å²) in [5.74, 6) is 0.480. The van der Waals surface area contributed by atoms with Crippen molar-refractivity contribution >= 4 is 56.7 Å². The highest BCUT2D eigenvalue weighted by molar-refractivity contribution is 8.23. The van der Waals surface area contributed by atoms with E-state index in [0.717, 1.165) is 13.0 Å². The number of rotatable bonds is 14. The molecule has 0 amide bonds. The molecule has 2 rings (SSSR count). The van der Waals surface area contributed by atoms with Crippen molar-refractivity contribution in [2.24, 2.45) is 5.92 Å². The highest BCUT2D eigenvalue weighted by Crippen LogP contribution is 2.31. The van der Waals surface area contributed by atoms with E-state index in [-0.39, 0.29) is 17.8 Å². The third-order valence-corrected chi connectivity index (χ3v) is 7.79. The third-order valence-electron chi connectivity index (χ3n) is 4.70. The van der Waals surface area contributed by atoms with Crippen LogP contribution >= 0.6 is 48.0 Å². The fraction of sp³-hybridized carbons (Fsp3) is 0.905. The Labute approximate surface area is 211 Å². The van der Waals surface area contributed by atoms with E-state index < -0.39 is 6.10 Å². The lowest BCUT2D eigenvalue weighted by molar-refractivity contribution is -0.152. The van der Waals surface area contributed by atoms with Gasteiger partial charge < -0.3 is 33.5 Å². The Balaban J connectivity index is 0.000000320. The van der Waals surface area contributed by atoms with Crippen LogP contribution in [-0.2, 0) is 28.4 Å². The van der Waals surface area contributed by atoms with E-state index in [9.17, 15) is 5.11 Å². The summed E-state index contributed by atoms with van der Waals surface area (Å²) in [4.78, 5) is 0. The molecule has 2 fully saturated rings. The average molecular weight is 531 g/mol. The van der Waals surface area contributed by atoms with Gasteiger partial charge in [-0.15, -0.1) is 0 Å². The molecule has 2 saturated heterocycles. The van der Waals surface area contributed by atoms with Crippen LogP contribution in [0.4, 0.5) is 0 Å². The largest absolute Gasteiger partial charge is 0.477 e. The minimum Gasteiger partial charge on any atom is -0.477 e. The van der Waals surface area contributed by atoms with Crippen LogP contribution in [0.25, 0.3) is 0 Å². The zero-order valence-electron chi connectivity index (χ0n) is 19.7. The van der Waals surface area contributed by atoms with Gasteiger partial charge in [-0.05, 0) is 58.0 Å². The highest BCUT2D eigenvalue weighted by atomic mass is 32.2. The number of hydrogen-bond acceptors (Lipinski definition) is 11. The van der Waals surface area contributed by atoms with Crippen LogP contribution in [0.5, 0.6) is 0 Å². The monoisotopic (exact) mass is 530 g/mol. The van der Waals surface area contributed by atoms with Crippen LogP contribution in [0.15, 0.2) is 0 Å². The molecule has 0 aliphatic carbocycles. The van der Waals surface area contributed by atoms with Gasteiger partial charge in [0.25, 0.3) is 0 Å². The zero-order chi connectivity index (χ0) is 23.9. The Bertz CT molecular complexity index is 482. The fourth-order valence-electron chi connectivity index (χ4n) is 3.07. The molecule has 0 bridgehead atoms. The van der Waals surface area contributed by atoms with Crippen molar-refractivity contribution in [2.45, 2.75) is 76.6 Å². The molecule has 188 valence electrons. The van der Waals surface area contributed by atoms with Gasteiger partial charge in [0.05, 0.1) is 16.6 Å². The molecule has 2 aliphatic rings. The second-order valence-electron chi connectivity index (χ2n) is 7.13. The molecular weight excluding hydrogens is 492 g/mol. The van der Waals surface area contributed by atoms with Gasteiger partial charge in [0.2, 0.25) is 8.77 Å². The molecule has 11 heteroatoms. The molecule has 4 atom stereocenters. The lowest BCUT2D eigenvalue weighted by Gasteiger charge is -2.23. The van der Waals surface area contributed by atoms with E-state index in [2.05, 4.69) is 6.92 Å². The lowest BCUT2D eigenvalue weighted by Crippen LogP contribution is -2.31. The maximum absolute atomic E-state index is 9.97. The first-order chi connectivity index (χ1) is 15.3. The number of aliphatic hydroxyl groups is 1. The molecule has 0 aromatic carbocycles. The van der Waals surface area contributed by atoms with Crippen molar-refractivity contribution in [3.8, 4) is 0 Å². The number of thiocarbonyl (C=S) groups is 2. The Morgan fingerprint density at radius 1 is 0.812 bits per heavy atom. The molecule has 2 heterocycles. The van der Waals surface area contributed by atoms with E-state index in [1.165, 1.54) is 11.8 Å². The van der Waals surface area contributed by atoms with Gasteiger partial charge >= 0.3 is 0 Å². The summed E-state index contributed by atoms with van der Waals surface area (Å²) in [5, 5.41) is 10.4. The van der Waals surface area contributed by atoms with Crippen molar-refractivity contribution < 1.29 is 33.5 Å². The molecule has 32 heavy (non-hydrogen) atoms. The standard InChI is InChI=1S/C11H20O3S2.C10H18O4S2/c1-4-12-10(13-5-2)6-8(3)9-7-14-11(15)16-9;1-3-12-9(13-4-2)5-7(11)8-6-14-10(15)16-8/h8-10H,4-7H2,1-3H3;7-9,11H,3-6H2,1-2H3/t8-,9+;7-,8+/m00/s1. The molecule has 2 aliphatic heterocycles. The molecule has 0 saturated carbocycles. The Morgan fingerprint density at radius 3 is 1.59 bits per heavy atom. The molecule has 7 nitrogen and oxygen atoms in total. The molecule has 0 unspecified atom stereocenters. The number of hydrogen-bond donors (Lipinski definition) is 1. The molecule has 0 aromatic heterocycles. The minimum absolute atomic E-state index is 0.00378. The Morgan fingerprint density at radius 2 is 1.22 bits per heavy atom. The first kappa shape index (κ1) is 30.3. The second kappa shape index (κ2) is 17.7. The number of ether oxygens (including phenoxy) is 6. The first-order valence-electron chi connectivity index (χ1n) is 11.2. The first-order valence-corrected chi connectivity index (χ1v) is 13.7. The summed E-state index contributed by atoms with van der Waals surface area (Å²) in [5.41, 5.74) is 0. The van der Waals surface area contributed by atoms with E-state index in [1.54, 1.807) is 11.8 Å². The van der Waals surface area contributed by atoms with Gasteiger partial charge in [0, 0.05) is 39.3 Å². The van der Waals surface area contributed by atoms with Gasteiger partial charge in [-0.2, -0.15) is 0 Å². The lowest BCUT2D eigenvalue weighted by atomic mass is 10.0. The predicted molar refractivity (Wildman–Crippen MR) is 138 cm³/mol. The summed E-state index contributed by atoms with van der Waals surface area (Å²) in [6, 6.07) is 0. The SMILES string of the molecule is CCOC(C[C@H](C)[C@H]1COC(=S)S1)OCC.CCOC(C[C@H](O)[C@H]1COC(=S)S1)OCC. The second-order valence-corrected chi connectivity index (χ2v) is 10.8. The Hall–Kier alpha value is 0.280. The van der Waals surface area contributed by atoms with Crippen molar-refractivity contribution in [1.29, 1.82) is 0 Å². The quantitative estimate of drug-likeness (QED) is 0.257. The van der Waals surface area contributed by atoms with E-state index in [0.29, 0.717) is 59.4 Å². The predicted octanol–water partition coefficient (Wildman–Crippen LogP) is 4.38. The fourth-order valence-corrected chi connectivity index (χ4v) is 5.60. The van der Waals surface area contributed by atoms with Crippen LogP contribution in [0, 0.1) is 5.92 Å². The smallest absolute Gasteiger partial charge is 0.220 e. The van der Waals surface area contributed by atoms with Crippen molar-refractivity contribution in [2.75, 3.05) is 39.6 Å². The summed E-state index contributed by atoms with van der Waals surface area (Å²) in [6.45, 7) is 13.7. The molecule has 0 radical (unpaired) electrons. The topological polar surface area (TPSA) is 75.6 Å². The van der Waals surface area contributed by atoms with E-state index in [4.69, 9.17) is 52.9 Å². The Kier molecular flexibility index (Phi) is 16.7. The molecule has 1 N–H and O–H groups in total. The minimum atomic E-state index is -0.520. The van der Waals surface area contributed by atoms with Gasteiger partial charge in [-0.1, -0.05) is 30.4 Å². The number of aliphatic hydroxyl groups excluding tert-OH is 1. The molecule has 0 aromatic rings. The summed E-state index contributed by atoms with van der Waals surface area (Å²) >= 11 is 13.0. The normalized spacial score (nSPS) is 22.5. The zero-order valence-corrected chi connectivity index (χ0v) is 22.9. The maximum atomic E-state index is 9.97. The van der Waals surface area contributed by atoms with Gasteiger partial charge in [0.15, 0.2) is 12.6 Å². The summed E-state index contributed by atoms with van der Waals surface area (Å²) < 4.78 is 33.4. The van der Waals surface area contributed by atoms with Crippen LogP contribution < -0.4 is 0 Å². The van der Waals surface area contributed by atoms with Crippen molar-refractivity contribution in [3.63, 3.8) is 0 Å². The van der Waals surface area contributed by atoms with E-state index >= 15 is 0 Å². The van der Waals surface area contributed by atoms with E-state index in [1.807, 2.05) is 27.7 Å². The van der Waals surface area contributed by atoms with Crippen molar-refractivity contribution in [3.05, 3.63) is 0 Å². The average Bonchev–Trinajstić information content (AvgIpc) is 3.38. The maximum Gasteiger partial charge on any atom is 0.220 e.